The van der Waals surface area contributed by atoms with E-state index in [0.717, 1.165) is 15.8 Å². The number of para-hydroxylation sites is 1. The largest absolute Gasteiger partial charge is 0.478 e. The second-order valence-corrected chi connectivity index (χ2v) is 7.13. The summed E-state index contributed by atoms with van der Waals surface area (Å²) in [6.07, 6.45) is 8.72. The zero-order valence-electron chi connectivity index (χ0n) is 16.0. The molecule has 1 aliphatic rings. The van der Waals surface area contributed by atoms with Crippen LogP contribution in [0.15, 0.2) is 60.3 Å². The van der Waals surface area contributed by atoms with Gasteiger partial charge in [-0.05, 0) is 42.6 Å². The Balaban J connectivity index is 1.81. The first-order chi connectivity index (χ1) is 14.9. The molecule has 0 radical (unpaired) electrons. The van der Waals surface area contributed by atoms with Crippen LogP contribution in [0.5, 0.6) is 0 Å². The minimum atomic E-state index is -1.14. The van der Waals surface area contributed by atoms with Crippen LogP contribution in [0.25, 0.3) is 17.0 Å². The Morgan fingerprint density at radius 1 is 1.19 bits per heavy atom. The Labute approximate surface area is 182 Å². The van der Waals surface area contributed by atoms with Gasteiger partial charge in [0.25, 0.3) is 11.8 Å². The first-order valence-corrected chi connectivity index (χ1v) is 9.57. The lowest BCUT2D eigenvalue weighted by molar-refractivity contribution is -0.122. The van der Waals surface area contributed by atoms with Gasteiger partial charge in [0.15, 0.2) is 5.11 Å². The number of rotatable bonds is 4. The Hall–Kier alpha value is -4.22. The van der Waals surface area contributed by atoms with Crippen LogP contribution in [-0.2, 0) is 16.1 Å². The Morgan fingerprint density at radius 3 is 2.71 bits per heavy atom. The van der Waals surface area contributed by atoms with Crippen LogP contribution < -0.4 is 10.2 Å². The van der Waals surface area contributed by atoms with Crippen LogP contribution in [0, 0.1) is 12.3 Å². The summed E-state index contributed by atoms with van der Waals surface area (Å²) in [5.41, 5.74) is 1.63. The number of hydrogen-bond acceptors (Lipinski definition) is 4. The molecule has 1 fully saturated rings. The summed E-state index contributed by atoms with van der Waals surface area (Å²) in [6, 6.07) is 13.3. The van der Waals surface area contributed by atoms with Gasteiger partial charge in [-0.3, -0.25) is 19.8 Å². The quantitative estimate of drug-likeness (QED) is 0.288. The SMILES string of the molecule is C#CCn1cc(C=C2C(=O)NC(=S)N(c3cccc(C(=O)O)c3)C2=O)c2ccccc21. The van der Waals surface area contributed by atoms with Crippen molar-refractivity contribution in [2.24, 2.45) is 0 Å². The van der Waals surface area contributed by atoms with Gasteiger partial charge >= 0.3 is 5.97 Å². The number of anilines is 1. The molecule has 2 amide bonds. The van der Waals surface area contributed by atoms with Gasteiger partial charge in [0, 0.05) is 22.7 Å². The van der Waals surface area contributed by atoms with E-state index in [0.29, 0.717) is 12.1 Å². The Kier molecular flexibility index (Phi) is 5.11. The van der Waals surface area contributed by atoms with Crippen molar-refractivity contribution in [3.8, 4) is 12.3 Å². The highest BCUT2D eigenvalue weighted by Gasteiger charge is 2.35. The fraction of sp³-hybridized carbons (Fsp3) is 0.0435. The summed E-state index contributed by atoms with van der Waals surface area (Å²) in [6.45, 7) is 0.335. The first-order valence-electron chi connectivity index (χ1n) is 9.17. The smallest absolute Gasteiger partial charge is 0.335 e. The molecule has 1 saturated heterocycles. The molecule has 2 aromatic carbocycles. The van der Waals surface area contributed by atoms with Gasteiger partial charge in [0.1, 0.15) is 5.57 Å². The minimum Gasteiger partial charge on any atom is -0.478 e. The number of fused-ring (bicyclic) bond motifs is 1. The molecule has 8 heteroatoms. The number of nitrogens with one attached hydrogen (secondary N) is 1. The maximum absolute atomic E-state index is 13.2. The van der Waals surface area contributed by atoms with Gasteiger partial charge in [-0.1, -0.05) is 30.2 Å². The van der Waals surface area contributed by atoms with Crippen molar-refractivity contribution in [2.45, 2.75) is 6.54 Å². The number of carboxylic acid groups (broad SMARTS) is 1. The van der Waals surface area contributed by atoms with Gasteiger partial charge in [-0.15, -0.1) is 6.42 Å². The number of hydrogen-bond donors (Lipinski definition) is 2. The number of nitrogens with zero attached hydrogens (tertiary/aromatic N) is 2. The van der Waals surface area contributed by atoms with Crippen molar-refractivity contribution in [1.82, 2.24) is 9.88 Å². The number of thiocarbonyl (C=S) groups is 1. The molecule has 0 saturated carbocycles. The monoisotopic (exact) mass is 429 g/mol. The van der Waals surface area contributed by atoms with E-state index in [2.05, 4.69) is 11.2 Å². The molecule has 0 bridgehead atoms. The predicted molar refractivity (Wildman–Crippen MR) is 120 cm³/mol. The third kappa shape index (κ3) is 3.58. The van der Waals surface area contributed by atoms with Gasteiger partial charge in [0.2, 0.25) is 0 Å². The molecular weight excluding hydrogens is 414 g/mol. The average molecular weight is 429 g/mol. The molecule has 2 N–H and O–H groups in total. The number of benzene rings is 2. The van der Waals surface area contributed by atoms with Crippen molar-refractivity contribution in [3.05, 3.63) is 71.4 Å². The van der Waals surface area contributed by atoms with Crippen molar-refractivity contribution < 1.29 is 19.5 Å². The summed E-state index contributed by atoms with van der Waals surface area (Å²) in [4.78, 5) is 38.2. The third-order valence-corrected chi connectivity index (χ3v) is 5.12. The molecule has 3 aromatic rings. The number of carboxylic acids is 1. The molecule has 31 heavy (non-hydrogen) atoms. The Morgan fingerprint density at radius 2 is 1.97 bits per heavy atom. The molecule has 2 heterocycles. The average Bonchev–Trinajstić information content (AvgIpc) is 3.09. The van der Waals surface area contributed by atoms with Crippen LogP contribution >= 0.6 is 12.2 Å². The second kappa shape index (κ2) is 7.89. The van der Waals surface area contributed by atoms with Gasteiger partial charge < -0.3 is 9.67 Å². The highest BCUT2D eigenvalue weighted by atomic mass is 32.1. The van der Waals surface area contributed by atoms with E-state index >= 15 is 0 Å². The summed E-state index contributed by atoms with van der Waals surface area (Å²) < 4.78 is 1.85. The molecule has 1 aromatic heterocycles. The Bertz CT molecular complexity index is 1350. The van der Waals surface area contributed by atoms with Crippen LogP contribution in [0.3, 0.4) is 0 Å². The highest BCUT2D eigenvalue weighted by Crippen LogP contribution is 2.27. The third-order valence-electron chi connectivity index (χ3n) is 4.83. The van der Waals surface area contributed by atoms with Crippen LogP contribution in [0.4, 0.5) is 5.69 Å². The number of carbonyl (C=O) groups is 3. The number of carbonyl (C=O) groups excluding carboxylic acids is 2. The van der Waals surface area contributed by atoms with Gasteiger partial charge in [0.05, 0.1) is 17.8 Å². The molecule has 0 aliphatic carbocycles. The highest BCUT2D eigenvalue weighted by molar-refractivity contribution is 7.80. The van der Waals surface area contributed by atoms with Crippen LogP contribution in [0.1, 0.15) is 15.9 Å². The lowest BCUT2D eigenvalue weighted by atomic mass is 10.1. The van der Waals surface area contributed by atoms with Crippen LogP contribution in [0.2, 0.25) is 0 Å². The molecular formula is C23H15N3O4S. The molecule has 0 atom stereocenters. The van der Waals surface area contributed by atoms with E-state index in [-0.39, 0.29) is 21.9 Å². The summed E-state index contributed by atoms with van der Waals surface area (Å²) in [5.74, 6) is 0.163. The normalized spacial score (nSPS) is 15.3. The first kappa shape index (κ1) is 20.1. The molecule has 4 rings (SSSR count). The lowest BCUT2D eigenvalue weighted by Crippen LogP contribution is -2.54. The van der Waals surface area contributed by atoms with Gasteiger partial charge in [-0.2, -0.15) is 0 Å². The van der Waals surface area contributed by atoms with E-state index in [1.54, 1.807) is 12.3 Å². The van der Waals surface area contributed by atoms with Crippen molar-refractivity contribution in [1.29, 1.82) is 0 Å². The number of aromatic nitrogens is 1. The van der Waals surface area contributed by atoms with E-state index in [9.17, 15) is 19.5 Å². The maximum Gasteiger partial charge on any atom is 0.335 e. The van der Waals surface area contributed by atoms with Crippen molar-refractivity contribution in [2.75, 3.05) is 4.90 Å². The summed E-state index contributed by atoms with van der Waals surface area (Å²) in [5, 5.41) is 12.5. The summed E-state index contributed by atoms with van der Waals surface area (Å²) >= 11 is 5.18. The fourth-order valence-corrected chi connectivity index (χ4v) is 3.73. The maximum atomic E-state index is 13.2. The van der Waals surface area contributed by atoms with E-state index in [4.69, 9.17) is 18.6 Å². The molecule has 0 unspecified atom stereocenters. The van der Waals surface area contributed by atoms with Crippen molar-refractivity contribution in [3.63, 3.8) is 0 Å². The number of amides is 2. The molecule has 0 spiro atoms. The predicted octanol–water partition coefficient (Wildman–Crippen LogP) is 2.80. The molecule has 152 valence electrons. The fourth-order valence-electron chi connectivity index (χ4n) is 3.44. The zero-order chi connectivity index (χ0) is 22.1. The standard InChI is InChI=1S/C23H15N3O4S/c1-2-10-25-13-15(17-8-3-4-9-19(17)25)12-18-20(27)24-23(31)26(21(18)28)16-7-5-6-14(11-16)22(29)30/h1,3-9,11-13H,10H2,(H,29,30)(H,24,27,31). The molecule has 7 nitrogen and oxygen atoms in total. The number of terminal acetylenes is 1. The minimum absolute atomic E-state index is 0.00659. The summed E-state index contributed by atoms with van der Waals surface area (Å²) in [7, 11) is 0. The van der Waals surface area contributed by atoms with E-state index in [1.165, 1.54) is 24.3 Å². The second-order valence-electron chi connectivity index (χ2n) is 6.75. The van der Waals surface area contributed by atoms with E-state index < -0.39 is 17.8 Å². The zero-order valence-corrected chi connectivity index (χ0v) is 16.8. The molecule has 1 aliphatic heterocycles. The number of aromatic carboxylic acids is 1. The van der Waals surface area contributed by atoms with Crippen molar-refractivity contribution >= 4 is 57.8 Å². The van der Waals surface area contributed by atoms with Crippen LogP contribution in [-0.4, -0.2) is 32.6 Å². The lowest BCUT2D eigenvalue weighted by Gasteiger charge is -2.29. The topological polar surface area (TPSA) is 91.6 Å². The van der Waals surface area contributed by atoms with Gasteiger partial charge in [-0.25, -0.2) is 4.79 Å². The van der Waals surface area contributed by atoms with E-state index in [1.807, 2.05) is 28.8 Å².